The molecular formula is C19H21ClN6+2. The van der Waals surface area contributed by atoms with Crippen molar-refractivity contribution in [1.82, 2.24) is 15.3 Å². The van der Waals surface area contributed by atoms with Crippen LogP contribution in [0.5, 0.6) is 0 Å². The summed E-state index contributed by atoms with van der Waals surface area (Å²) >= 11 is 6.25. The third kappa shape index (κ3) is 3.61. The van der Waals surface area contributed by atoms with E-state index in [1.807, 2.05) is 49.4 Å². The molecular weight excluding hydrogens is 348 g/mol. The Labute approximate surface area is 156 Å². The van der Waals surface area contributed by atoms with Crippen LogP contribution < -0.4 is 20.5 Å². The van der Waals surface area contributed by atoms with Crippen LogP contribution in [0.4, 0.5) is 5.95 Å². The van der Waals surface area contributed by atoms with Gasteiger partial charge in [0.15, 0.2) is 13.3 Å². The third-order valence-electron chi connectivity index (χ3n) is 4.46. The lowest BCUT2D eigenvalue weighted by Gasteiger charge is -2.20. The molecule has 2 heterocycles. The predicted octanol–water partition coefficient (Wildman–Crippen LogP) is 0.0434. The summed E-state index contributed by atoms with van der Waals surface area (Å²) < 4.78 is 0. The van der Waals surface area contributed by atoms with E-state index in [-0.39, 0.29) is 0 Å². The first-order chi connectivity index (χ1) is 12.7. The van der Waals surface area contributed by atoms with Crippen molar-refractivity contribution in [3.05, 3.63) is 64.8 Å². The number of rotatable bonds is 3. The van der Waals surface area contributed by atoms with Gasteiger partial charge in [-0.05, 0) is 19.1 Å². The Morgan fingerprint density at radius 2 is 1.96 bits per heavy atom. The van der Waals surface area contributed by atoms with Gasteiger partial charge in [0.05, 0.1) is 11.2 Å². The molecule has 1 aliphatic rings. The van der Waals surface area contributed by atoms with E-state index in [1.54, 1.807) is 0 Å². The molecule has 1 unspecified atom stereocenters. The van der Waals surface area contributed by atoms with Gasteiger partial charge < -0.3 is 0 Å². The van der Waals surface area contributed by atoms with E-state index >= 15 is 0 Å². The van der Waals surface area contributed by atoms with Gasteiger partial charge in [-0.3, -0.25) is 4.90 Å². The van der Waals surface area contributed by atoms with E-state index < -0.39 is 0 Å². The molecule has 0 saturated carbocycles. The molecule has 3 aromatic rings. The van der Waals surface area contributed by atoms with Gasteiger partial charge in [-0.2, -0.15) is 4.98 Å². The van der Waals surface area contributed by atoms with E-state index in [4.69, 9.17) is 11.6 Å². The minimum atomic E-state index is 0.589. The zero-order chi connectivity index (χ0) is 17.9. The van der Waals surface area contributed by atoms with E-state index in [2.05, 4.69) is 31.7 Å². The largest absolute Gasteiger partial charge is 0.359 e. The van der Waals surface area contributed by atoms with E-state index in [0.29, 0.717) is 5.95 Å². The molecule has 0 bridgehead atoms. The number of guanidine groups is 1. The lowest BCUT2D eigenvalue weighted by Crippen LogP contribution is -3.23. The molecule has 0 aliphatic carbocycles. The molecule has 4 rings (SSSR count). The van der Waals surface area contributed by atoms with Crippen LogP contribution in [-0.4, -0.2) is 29.3 Å². The van der Waals surface area contributed by atoms with Crippen molar-refractivity contribution in [1.29, 1.82) is 0 Å². The van der Waals surface area contributed by atoms with Gasteiger partial charge in [0.25, 0.3) is 5.95 Å². The fraction of sp³-hybridized carbons (Fsp3) is 0.211. The maximum Gasteiger partial charge on any atom is 0.359 e. The Morgan fingerprint density at radius 3 is 2.77 bits per heavy atom. The monoisotopic (exact) mass is 368 g/mol. The van der Waals surface area contributed by atoms with Crippen LogP contribution in [-0.2, 0) is 6.54 Å². The number of benzene rings is 2. The van der Waals surface area contributed by atoms with Crippen molar-refractivity contribution in [2.45, 2.75) is 13.5 Å². The van der Waals surface area contributed by atoms with Crippen LogP contribution in [0.3, 0.4) is 0 Å². The number of fused-ring (bicyclic) bond motifs is 1. The number of quaternary nitrogens is 1. The topological polar surface area (TPSA) is 68.2 Å². The Balaban J connectivity index is 1.44. The van der Waals surface area contributed by atoms with Crippen molar-refractivity contribution in [3.63, 3.8) is 0 Å². The number of hydrogen-bond donors (Lipinski definition) is 4. The average molecular weight is 369 g/mol. The predicted molar refractivity (Wildman–Crippen MR) is 103 cm³/mol. The van der Waals surface area contributed by atoms with Gasteiger partial charge in [0, 0.05) is 16.0 Å². The summed E-state index contributed by atoms with van der Waals surface area (Å²) in [6.45, 7) is 4.43. The molecule has 0 saturated heterocycles. The number of aryl methyl sites for hydroxylation is 1. The van der Waals surface area contributed by atoms with Crippen LogP contribution in [0.1, 0.15) is 11.3 Å². The highest BCUT2D eigenvalue weighted by molar-refractivity contribution is 6.31. The summed E-state index contributed by atoms with van der Waals surface area (Å²) in [6, 6.07) is 16.0. The second-order valence-corrected chi connectivity index (χ2v) is 6.78. The molecule has 6 nitrogen and oxygen atoms in total. The standard InChI is InChI=1S/C19H19ClN6/c1-13-15-7-3-5-9-17(15)24-19(23-13)25-18-21-11-26(12-22-18)10-14-6-2-4-8-16(14)20/h2-9H,10-12H2,1H3,(H2,21,22,23,24,25)/p+2. The molecule has 0 spiro atoms. The molecule has 7 heteroatoms. The van der Waals surface area contributed by atoms with Crippen molar-refractivity contribution in [3.8, 4) is 0 Å². The summed E-state index contributed by atoms with van der Waals surface area (Å²) in [7, 11) is 0. The number of halogens is 1. The van der Waals surface area contributed by atoms with E-state index in [0.717, 1.165) is 53.0 Å². The molecule has 0 radical (unpaired) electrons. The van der Waals surface area contributed by atoms with Gasteiger partial charge in [-0.1, -0.05) is 48.0 Å². The number of nitrogens with one attached hydrogen (secondary N) is 4. The molecule has 0 amide bonds. The summed E-state index contributed by atoms with van der Waals surface area (Å²) in [5.41, 5.74) is 3.04. The van der Waals surface area contributed by atoms with Gasteiger partial charge in [-0.25, -0.2) is 20.6 Å². The summed E-state index contributed by atoms with van der Waals surface area (Å²) in [4.78, 5) is 13.8. The van der Waals surface area contributed by atoms with E-state index in [9.17, 15) is 0 Å². The van der Waals surface area contributed by atoms with Crippen LogP contribution in [0.25, 0.3) is 10.9 Å². The number of hydrogen-bond acceptors (Lipinski definition) is 4. The van der Waals surface area contributed by atoms with Crippen molar-refractivity contribution in [2.24, 2.45) is 0 Å². The molecule has 26 heavy (non-hydrogen) atoms. The highest BCUT2D eigenvalue weighted by atomic mass is 35.5. The fourth-order valence-corrected chi connectivity index (χ4v) is 3.28. The number of para-hydroxylation sites is 1. The maximum absolute atomic E-state index is 6.25. The van der Waals surface area contributed by atoms with E-state index in [1.165, 1.54) is 4.90 Å². The van der Waals surface area contributed by atoms with Crippen molar-refractivity contribution in [2.75, 3.05) is 18.7 Å². The second-order valence-electron chi connectivity index (χ2n) is 6.38. The molecule has 1 atom stereocenters. The van der Waals surface area contributed by atoms with Crippen molar-refractivity contribution < 1.29 is 9.89 Å². The summed E-state index contributed by atoms with van der Waals surface area (Å²) in [5.74, 6) is 1.41. The van der Waals surface area contributed by atoms with Crippen LogP contribution in [0.15, 0.2) is 48.5 Å². The smallest absolute Gasteiger partial charge is 0.273 e. The zero-order valence-corrected chi connectivity index (χ0v) is 15.3. The van der Waals surface area contributed by atoms with Gasteiger partial charge in [0.2, 0.25) is 0 Å². The number of anilines is 1. The van der Waals surface area contributed by atoms with Gasteiger partial charge in [0.1, 0.15) is 6.54 Å². The molecule has 132 valence electrons. The first-order valence-electron chi connectivity index (χ1n) is 8.61. The summed E-state index contributed by atoms with van der Waals surface area (Å²) in [5, 5.41) is 8.49. The maximum atomic E-state index is 6.25. The number of aromatic nitrogens is 2. The lowest BCUT2D eigenvalue weighted by atomic mass is 10.2. The van der Waals surface area contributed by atoms with Crippen LogP contribution >= 0.6 is 11.6 Å². The SMILES string of the molecule is Cc1nc(NC2=[NH+]C[NH+](Cc3ccccc3Cl)CN2)nc2ccccc12. The quantitative estimate of drug-likeness (QED) is 0.527. The third-order valence-corrected chi connectivity index (χ3v) is 4.83. The Hall–Kier alpha value is -2.70. The molecule has 1 aromatic heterocycles. The zero-order valence-electron chi connectivity index (χ0n) is 14.5. The number of nitrogens with zero attached hydrogens (tertiary/aromatic N) is 2. The average Bonchev–Trinajstić information content (AvgIpc) is 2.65. The Bertz CT molecular complexity index is 971. The lowest BCUT2D eigenvalue weighted by molar-refractivity contribution is -0.991. The summed E-state index contributed by atoms with van der Waals surface area (Å²) in [6.07, 6.45) is 0. The second kappa shape index (κ2) is 7.27. The molecule has 4 N–H and O–H groups in total. The fourth-order valence-electron chi connectivity index (χ4n) is 3.08. The first kappa shape index (κ1) is 16.8. The highest BCUT2D eigenvalue weighted by Gasteiger charge is 2.22. The Morgan fingerprint density at radius 1 is 1.15 bits per heavy atom. The normalized spacial score (nSPS) is 16.8. The van der Waals surface area contributed by atoms with Crippen LogP contribution in [0, 0.1) is 6.92 Å². The molecule has 1 aliphatic heterocycles. The van der Waals surface area contributed by atoms with Crippen LogP contribution in [0.2, 0.25) is 5.02 Å². The van der Waals surface area contributed by atoms with Gasteiger partial charge >= 0.3 is 5.96 Å². The minimum Gasteiger partial charge on any atom is -0.273 e. The highest BCUT2D eigenvalue weighted by Crippen LogP contribution is 2.16. The minimum absolute atomic E-state index is 0.589. The Kier molecular flexibility index (Phi) is 4.69. The van der Waals surface area contributed by atoms with Gasteiger partial charge in [-0.15, -0.1) is 0 Å². The molecule has 2 aromatic carbocycles. The first-order valence-corrected chi connectivity index (χ1v) is 8.99. The van der Waals surface area contributed by atoms with Crippen molar-refractivity contribution >= 4 is 34.4 Å². The molecule has 0 fully saturated rings.